The summed E-state index contributed by atoms with van der Waals surface area (Å²) in [6, 6.07) is 0.354. The number of aliphatic carboxylic acids is 1. The molecule has 1 rings (SSSR count). The van der Waals surface area contributed by atoms with E-state index in [0.717, 1.165) is 13.0 Å². The Labute approximate surface area is 108 Å². The van der Waals surface area contributed by atoms with Gasteiger partial charge in [0.25, 0.3) is 0 Å². The third-order valence-electron chi connectivity index (χ3n) is 3.36. The minimum absolute atomic E-state index is 0.153. The molecule has 1 aliphatic rings. The van der Waals surface area contributed by atoms with E-state index in [-0.39, 0.29) is 11.9 Å². The monoisotopic (exact) mass is 257 g/mol. The molecule has 0 aliphatic carbocycles. The van der Waals surface area contributed by atoms with Crippen LogP contribution >= 0.6 is 0 Å². The van der Waals surface area contributed by atoms with Crippen molar-refractivity contribution in [3.63, 3.8) is 0 Å². The lowest BCUT2D eigenvalue weighted by atomic mass is 10.0. The number of nitrogens with zero attached hydrogens (tertiary/aromatic N) is 2. The fourth-order valence-electron chi connectivity index (χ4n) is 1.69. The van der Waals surface area contributed by atoms with Crippen molar-refractivity contribution in [1.82, 2.24) is 15.1 Å². The van der Waals surface area contributed by atoms with Crippen molar-refractivity contribution in [2.45, 2.75) is 26.3 Å². The van der Waals surface area contributed by atoms with Crippen molar-refractivity contribution in [2.75, 3.05) is 33.2 Å². The van der Waals surface area contributed by atoms with Gasteiger partial charge in [0.2, 0.25) is 0 Å². The number of amides is 2. The lowest BCUT2D eigenvalue weighted by Crippen LogP contribution is -2.56. The second kappa shape index (κ2) is 6.58. The molecule has 0 unspecified atom stereocenters. The molecule has 0 radical (unpaired) electrons. The summed E-state index contributed by atoms with van der Waals surface area (Å²) in [5.41, 5.74) is 0. The van der Waals surface area contributed by atoms with E-state index < -0.39 is 5.97 Å². The van der Waals surface area contributed by atoms with Gasteiger partial charge in [0.15, 0.2) is 0 Å². The predicted octanol–water partition coefficient (Wildman–Crippen LogP) is 0.443. The van der Waals surface area contributed by atoms with E-state index in [4.69, 9.17) is 5.11 Å². The zero-order chi connectivity index (χ0) is 13.7. The molecule has 2 amide bonds. The third kappa shape index (κ3) is 4.18. The summed E-state index contributed by atoms with van der Waals surface area (Å²) in [4.78, 5) is 25.9. The Morgan fingerprint density at radius 1 is 1.44 bits per heavy atom. The average Bonchev–Trinajstić information content (AvgIpc) is 2.21. The van der Waals surface area contributed by atoms with E-state index in [1.807, 2.05) is 0 Å². The van der Waals surface area contributed by atoms with Gasteiger partial charge < -0.3 is 20.2 Å². The first kappa shape index (κ1) is 14.8. The van der Waals surface area contributed by atoms with Crippen LogP contribution in [-0.4, -0.2) is 66.2 Å². The Morgan fingerprint density at radius 3 is 2.56 bits per heavy atom. The minimum atomic E-state index is -0.822. The zero-order valence-corrected chi connectivity index (χ0v) is 11.3. The van der Waals surface area contributed by atoms with Crippen LogP contribution in [0, 0.1) is 5.92 Å². The summed E-state index contributed by atoms with van der Waals surface area (Å²) >= 11 is 0. The van der Waals surface area contributed by atoms with E-state index in [2.05, 4.69) is 31.1 Å². The normalized spacial score (nSPS) is 15.9. The van der Waals surface area contributed by atoms with Crippen molar-refractivity contribution in [1.29, 1.82) is 0 Å². The molecule has 0 aromatic carbocycles. The predicted molar refractivity (Wildman–Crippen MR) is 68.5 cm³/mol. The molecule has 0 saturated carbocycles. The van der Waals surface area contributed by atoms with Crippen LogP contribution in [0.15, 0.2) is 0 Å². The molecule has 0 aromatic rings. The summed E-state index contributed by atoms with van der Waals surface area (Å²) in [7, 11) is 2.05. The van der Waals surface area contributed by atoms with Crippen molar-refractivity contribution >= 4 is 12.0 Å². The molecule has 2 N–H and O–H groups in total. The number of carbonyl (C=O) groups is 2. The molecule has 6 heteroatoms. The summed E-state index contributed by atoms with van der Waals surface area (Å²) in [5.74, 6) is -1.21. The van der Waals surface area contributed by atoms with Gasteiger partial charge in [-0.15, -0.1) is 0 Å². The van der Waals surface area contributed by atoms with Gasteiger partial charge >= 0.3 is 12.0 Å². The zero-order valence-electron chi connectivity index (χ0n) is 11.3. The number of carboxylic acid groups (broad SMARTS) is 1. The summed E-state index contributed by atoms with van der Waals surface area (Å²) < 4.78 is 0. The summed E-state index contributed by atoms with van der Waals surface area (Å²) in [5, 5.41) is 11.5. The highest BCUT2D eigenvalue weighted by molar-refractivity contribution is 5.79. The Bertz CT molecular complexity index is 301. The van der Waals surface area contributed by atoms with E-state index in [0.29, 0.717) is 25.7 Å². The highest BCUT2D eigenvalue weighted by Crippen LogP contribution is 2.15. The number of rotatable bonds is 6. The lowest BCUT2D eigenvalue weighted by molar-refractivity contribution is -0.146. The van der Waals surface area contributed by atoms with Crippen LogP contribution in [0.1, 0.15) is 20.3 Å². The number of hydrogen-bond donors (Lipinski definition) is 2. The van der Waals surface area contributed by atoms with E-state index in [1.54, 1.807) is 0 Å². The number of hydrogen-bond acceptors (Lipinski definition) is 3. The molecule has 104 valence electrons. The molecule has 1 saturated heterocycles. The van der Waals surface area contributed by atoms with Crippen LogP contribution in [0.4, 0.5) is 4.79 Å². The SMILES string of the molecule is CC(C)N(C)CCCNC(=O)N1CC(C(=O)O)C1. The number of likely N-dealkylation sites (tertiary alicyclic amines) is 1. The molecule has 1 heterocycles. The van der Waals surface area contributed by atoms with Crippen molar-refractivity contribution in [3.8, 4) is 0 Å². The molecule has 0 bridgehead atoms. The van der Waals surface area contributed by atoms with Crippen molar-refractivity contribution in [3.05, 3.63) is 0 Å². The van der Waals surface area contributed by atoms with E-state index in [1.165, 1.54) is 4.90 Å². The van der Waals surface area contributed by atoms with E-state index in [9.17, 15) is 9.59 Å². The smallest absolute Gasteiger partial charge is 0.317 e. The van der Waals surface area contributed by atoms with Crippen molar-refractivity contribution in [2.24, 2.45) is 5.92 Å². The summed E-state index contributed by atoms with van der Waals surface area (Å²) in [6.07, 6.45) is 0.899. The number of nitrogens with one attached hydrogen (secondary N) is 1. The topological polar surface area (TPSA) is 72.9 Å². The first-order valence-electron chi connectivity index (χ1n) is 6.37. The average molecular weight is 257 g/mol. The summed E-state index contributed by atoms with van der Waals surface area (Å²) in [6.45, 7) is 6.48. The van der Waals surface area contributed by atoms with Crippen LogP contribution in [-0.2, 0) is 4.79 Å². The third-order valence-corrected chi connectivity index (χ3v) is 3.36. The Hall–Kier alpha value is -1.30. The van der Waals surface area contributed by atoms with Crippen LogP contribution in [0.5, 0.6) is 0 Å². The lowest BCUT2D eigenvalue weighted by Gasteiger charge is -2.36. The maximum absolute atomic E-state index is 11.6. The molecule has 1 aliphatic heterocycles. The van der Waals surface area contributed by atoms with Crippen LogP contribution in [0.3, 0.4) is 0 Å². The van der Waals surface area contributed by atoms with Gasteiger partial charge in [-0.2, -0.15) is 0 Å². The number of carboxylic acids is 1. The number of urea groups is 1. The van der Waals surface area contributed by atoms with Gasteiger partial charge in [0.1, 0.15) is 0 Å². The molecule has 1 fully saturated rings. The van der Waals surface area contributed by atoms with E-state index >= 15 is 0 Å². The molecule has 0 aromatic heterocycles. The Kier molecular flexibility index (Phi) is 5.40. The molecule has 6 nitrogen and oxygen atoms in total. The second-order valence-corrected chi connectivity index (χ2v) is 5.10. The molecular formula is C12H23N3O3. The second-order valence-electron chi connectivity index (χ2n) is 5.10. The molecule has 0 spiro atoms. The van der Waals surface area contributed by atoms with Gasteiger partial charge in [-0.05, 0) is 33.9 Å². The maximum Gasteiger partial charge on any atom is 0.317 e. The largest absolute Gasteiger partial charge is 0.481 e. The first-order chi connectivity index (χ1) is 8.41. The number of carbonyl (C=O) groups excluding carboxylic acids is 1. The van der Waals surface area contributed by atoms with Gasteiger partial charge in [0, 0.05) is 25.7 Å². The van der Waals surface area contributed by atoms with Crippen LogP contribution in [0.2, 0.25) is 0 Å². The minimum Gasteiger partial charge on any atom is -0.481 e. The quantitative estimate of drug-likeness (QED) is 0.677. The fraction of sp³-hybridized carbons (Fsp3) is 0.833. The van der Waals surface area contributed by atoms with Crippen LogP contribution in [0.25, 0.3) is 0 Å². The highest BCUT2D eigenvalue weighted by atomic mass is 16.4. The van der Waals surface area contributed by atoms with Gasteiger partial charge in [-0.25, -0.2) is 4.79 Å². The Balaban J connectivity index is 2.07. The van der Waals surface area contributed by atoms with Crippen LogP contribution < -0.4 is 5.32 Å². The van der Waals surface area contributed by atoms with Gasteiger partial charge in [0.05, 0.1) is 5.92 Å². The standard InChI is InChI=1S/C12H23N3O3/c1-9(2)14(3)6-4-5-13-12(18)15-7-10(8-15)11(16)17/h9-10H,4-8H2,1-3H3,(H,13,18)(H,16,17). The van der Waals surface area contributed by atoms with Gasteiger partial charge in [-0.3, -0.25) is 4.79 Å². The highest BCUT2D eigenvalue weighted by Gasteiger charge is 2.35. The molecule has 0 atom stereocenters. The fourth-order valence-corrected chi connectivity index (χ4v) is 1.69. The van der Waals surface area contributed by atoms with Crippen molar-refractivity contribution < 1.29 is 14.7 Å². The molecular weight excluding hydrogens is 234 g/mol. The maximum atomic E-state index is 11.6. The first-order valence-corrected chi connectivity index (χ1v) is 6.37. The molecule has 18 heavy (non-hydrogen) atoms. The van der Waals surface area contributed by atoms with Gasteiger partial charge in [-0.1, -0.05) is 0 Å². The Morgan fingerprint density at radius 2 is 2.06 bits per heavy atom.